The number of hydrogen-bond acceptors (Lipinski definition) is 2. The maximum absolute atomic E-state index is 12.8. The maximum Gasteiger partial charge on any atom is 0.234 e. The molecule has 0 aliphatic rings. The molecule has 1 aromatic rings. The Kier molecular flexibility index (Phi) is 5.48. The molecule has 0 spiro atoms. The average molecular weight is 266 g/mol. The highest BCUT2D eigenvalue weighted by molar-refractivity contribution is 5.78. The third-order valence-corrected chi connectivity index (χ3v) is 3.30. The predicted molar refractivity (Wildman–Crippen MR) is 75.3 cm³/mol. The number of nitrogens with one attached hydrogen (secondary N) is 2. The van der Waals surface area contributed by atoms with Crippen LogP contribution in [-0.2, 0) is 4.79 Å². The molecule has 0 saturated heterocycles. The highest BCUT2D eigenvalue weighted by Crippen LogP contribution is 2.12. The summed E-state index contributed by atoms with van der Waals surface area (Å²) < 4.78 is 12.8. The molecule has 3 nitrogen and oxygen atoms in total. The van der Waals surface area contributed by atoms with Crippen molar-refractivity contribution in [2.45, 2.75) is 45.7 Å². The lowest BCUT2D eigenvalue weighted by atomic mass is 10.0. The van der Waals surface area contributed by atoms with Crippen molar-refractivity contribution in [2.75, 3.05) is 6.54 Å². The van der Waals surface area contributed by atoms with Crippen molar-refractivity contribution in [2.24, 2.45) is 0 Å². The molecule has 106 valence electrons. The van der Waals surface area contributed by atoms with Crippen molar-refractivity contribution in [3.63, 3.8) is 0 Å². The first-order valence-electron chi connectivity index (χ1n) is 6.64. The van der Waals surface area contributed by atoms with E-state index >= 15 is 0 Å². The van der Waals surface area contributed by atoms with Gasteiger partial charge in [-0.15, -0.1) is 0 Å². The van der Waals surface area contributed by atoms with Gasteiger partial charge in [0.2, 0.25) is 5.91 Å². The second kappa shape index (κ2) is 6.66. The fourth-order valence-electron chi connectivity index (χ4n) is 1.63. The van der Waals surface area contributed by atoms with Gasteiger partial charge in [-0.25, -0.2) is 4.39 Å². The number of rotatable bonds is 6. The minimum atomic E-state index is -0.251. The summed E-state index contributed by atoms with van der Waals surface area (Å²) in [6, 6.07) is 6.31. The molecule has 1 atom stereocenters. The minimum absolute atomic E-state index is 0.0103. The molecule has 0 fully saturated rings. The van der Waals surface area contributed by atoms with Crippen LogP contribution in [0.4, 0.5) is 4.39 Å². The lowest BCUT2D eigenvalue weighted by Gasteiger charge is -2.25. The molecule has 0 saturated carbocycles. The summed E-state index contributed by atoms with van der Waals surface area (Å²) in [5, 5.41) is 6.09. The highest BCUT2D eigenvalue weighted by Gasteiger charge is 2.17. The largest absolute Gasteiger partial charge is 0.350 e. The summed E-state index contributed by atoms with van der Waals surface area (Å²) in [5.41, 5.74) is 0.779. The number of hydrogen-bond donors (Lipinski definition) is 2. The van der Waals surface area contributed by atoms with Gasteiger partial charge in [0.1, 0.15) is 5.82 Å². The number of carbonyl (C=O) groups is 1. The van der Waals surface area contributed by atoms with Crippen LogP contribution in [0.1, 0.15) is 45.7 Å². The Bertz CT molecular complexity index is 415. The zero-order chi connectivity index (χ0) is 14.5. The van der Waals surface area contributed by atoms with Crippen LogP contribution in [0.25, 0.3) is 0 Å². The number of benzene rings is 1. The number of carbonyl (C=O) groups excluding carboxylic acids is 1. The Morgan fingerprint density at radius 3 is 2.42 bits per heavy atom. The van der Waals surface area contributed by atoms with Gasteiger partial charge in [-0.1, -0.05) is 19.1 Å². The van der Waals surface area contributed by atoms with Crippen LogP contribution in [0.3, 0.4) is 0 Å². The molecule has 0 radical (unpaired) electrons. The Hall–Kier alpha value is -1.42. The first kappa shape index (κ1) is 15.6. The van der Waals surface area contributed by atoms with Gasteiger partial charge in [0, 0.05) is 11.6 Å². The first-order chi connectivity index (χ1) is 8.84. The summed E-state index contributed by atoms with van der Waals surface area (Å²) >= 11 is 0. The van der Waals surface area contributed by atoms with Crippen LogP contribution in [0, 0.1) is 5.82 Å². The first-order valence-corrected chi connectivity index (χ1v) is 6.64. The van der Waals surface area contributed by atoms with Crippen molar-refractivity contribution >= 4 is 5.91 Å². The van der Waals surface area contributed by atoms with E-state index in [2.05, 4.69) is 10.6 Å². The fraction of sp³-hybridized carbons (Fsp3) is 0.533. The topological polar surface area (TPSA) is 41.1 Å². The van der Waals surface area contributed by atoms with Crippen LogP contribution in [-0.4, -0.2) is 18.0 Å². The monoisotopic (exact) mass is 266 g/mol. The molecule has 0 bridgehead atoms. The van der Waals surface area contributed by atoms with E-state index in [-0.39, 0.29) is 29.8 Å². The Morgan fingerprint density at radius 1 is 1.32 bits per heavy atom. The van der Waals surface area contributed by atoms with Crippen LogP contribution in [0.5, 0.6) is 0 Å². The van der Waals surface area contributed by atoms with E-state index in [1.807, 2.05) is 27.7 Å². The molecule has 2 N–H and O–H groups in total. The van der Waals surface area contributed by atoms with Gasteiger partial charge in [-0.3, -0.25) is 4.79 Å². The number of halogens is 1. The fourth-order valence-corrected chi connectivity index (χ4v) is 1.63. The van der Waals surface area contributed by atoms with E-state index in [0.717, 1.165) is 12.0 Å². The molecule has 0 aromatic heterocycles. The van der Waals surface area contributed by atoms with E-state index in [1.165, 1.54) is 12.1 Å². The summed E-state index contributed by atoms with van der Waals surface area (Å²) in [6.45, 7) is 8.23. The van der Waals surface area contributed by atoms with Crippen molar-refractivity contribution in [1.82, 2.24) is 10.6 Å². The van der Waals surface area contributed by atoms with Crippen molar-refractivity contribution in [1.29, 1.82) is 0 Å². The van der Waals surface area contributed by atoms with Gasteiger partial charge < -0.3 is 10.6 Å². The minimum Gasteiger partial charge on any atom is -0.350 e. The second-order valence-electron chi connectivity index (χ2n) is 5.44. The maximum atomic E-state index is 12.8. The predicted octanol–water partition coefficient (Wildman–Crippen LogP) is 2.78. The zero-order valence-electron chi connectivity index (χ0n) is 12.1. The molecule has 1 rings (SSSR count). The third kappa shape index (κ3) is 5.39. The zero-order valence-corrected chi connectivity index (χ0v) is 12.1. The standard InChI is InChI=1S/C15H23FN2O/c1-5-15(3,4)18-14(19)10-17-11(2)12-6-8-13(16)9-7-12/h6-9,11,17H,5,10H2,1-4H3,(H,18,19)/t11-/m1/s1. The normalized spacial score (nSPS) is 13.1. The quantitative estimate of drug-likeness (QED) is 0.831. The molecule has 0 unspecified atom stereocenters. The molecule has 0 aliphatic heterocycles. The van der Waals surface area contributed by atoms with E-state index in [9.17, 15) is 9.18 Å². The summed E-state index contributed by atoms with van der Waals surface area (Å²) in [4.78, 5) is 11.8. The van der Waals surface area contributed by atoms with Crippen LogP contribution < -0.4 is 10.6 Å². The third-order valence-electron chi connectivity index (χ3n) is 3.30. The van der Waals surface area contributed by atoms with Crippen LogP contribution in [0.15, 0.2) is 24.3 Å². The molecule has 1 amide bonds. The molecule has 19 heavy (non-hydrogen) atoms. The van der Waals surface area contributed by atoms with Gasteiger partial charge >= 0.3 is 0 Å². The smallest absolute Gasteiger partial charge is 0.234 e. The Labute approximate surface area is 114 Å². The van der Waals surface area contributed by atoms with Crippen molar-refractivity contribution < 1.29 is 9.18 Å². The molecule has 1 aromatic carbocycles. The average Bonchev–Trinajstić information content (AvgIpc) is 2.36. The lowest BCUT2D eigenvalue weighted by Crippen LogP contribution is -2.46. The van der Waals surface area contributed by atoms with E-state index in [1.54, 1.807) is 12.1 Å². The van der Waals surface area contributed by atoms with Gasteiger partial charge in [0.05, 0.1) is 6.54 Å². The molecule has 0 aliphatic carbocycles. The van der Waals surface area contributed by atoms with E-state index < -0.39 is 0 Å². The molecular formula is C15H23FN2O. The number of amides is 1. The van der Waals surface area contributed by atoms with E-state index in [4.69, 9.17) is 0 Å². The summed E-state index contributed by atoms with van der Waals surface area (Å²) in [6.07, 6.45) is 0.881. The van der Waals surface area contributed by atoms with Gasteiger partial charge in [-0.05, 0) is 44.9 Å². The van der Waals surface area contributed by atoms with Crippen molar-refractivity contribution in [3.8, 4) is 0 Å². The van der Waals surface area contributed by atoms with Gasteiger partial charge in [0.15, 0.2) is 0 Å². The molecular weight excluding hydrogens is 243 g/mol. The summed E-state index contributed by atoms with van der Waals surface area (Å²) in [5.74, 6) is -0.279. The highest BCUT2D eigenvalue weighted by atomic mass is 19.1. The van der Waals surface area contributed by atoms with E-state index in [0.29, 0.717) is 0 Å². The lowest BCUT2D eigenvalue weighted by molar-refractivity contribution is -0.122. The van der Waals surface area contributed by atoms with Crippen LogP contribution in [0.2, 0.25) is 0 Å². The molecule has 4 heteroatoms. The summed E-state index contributed by atoms with van der Waals surface area (Å²) in [7, 11) is 0. The van der Waals surface area contributed by atoms with Crippen molar-refractivity contribution in [3.05, 3.63) is 35.6 Å². The van der Waals surface area contributed by atoms with Gasteiger partial charge in [0.25, 0.3) is 0 Å². The van der Waals surface area contributed by atoms with Gasteiger partial charge in [-0.2, -0.15) is 0 Å². The molecule has 0 heterocycles. The van der Waals surface area contributed by atoms with Crippen LogP contribution >= 0.6 is 0 Å². The Balaban J connectivity index is 2.44. The second-order valence-corrected chi connectivity index (χ2v) is 5.44. The Morgan fingerprint density at radius 2 is 1.89 bits per heavy atom. The SMILES string of the molecule is CCC(C)(C)NC(=O)CN[C@H](C)c1ccc(F)cc1.